The quantitative estimate of drug-likeness (QED) is 0.251. The van der Waals surface area contributed by atoms with Crippen molar-refractivity contribution in [1.82, 2.24) is 15.5 Å². The molecule has 0 aromatic heterocycles. The number of carboxylic acids is 1. The van der Waals surface area contributed by atoms with Crippen molar-refractivity contribution in [3.63, 3.8) is 0 Å². The average Bonchev–Trinajstić information content (AvgIpc) is 3.07. The molecule has 1 rings (SSSR count). The Morgan fingerprint density at radius 1 is 1.32 bits per heavy atom. The largest absolute Gasteiger partial charge is 0.480 e. The van der Waals surface area contributed by atoms with Crippen LogP contribution in [0.4, 0.5) is 0 Å². The van der Waals surface area contributed by atoms with E-state index in [1.54, 1.807) is 0 Å². The molecule has 0 bridgehead atoms. The van der Waals surface area contributed by atoms with E-state index in [9.17, 15) is 19.2 Å². The molecule has 1 heterocycles. The molecule has 142 valence electrons. The highest BCUT2D eigenvalue weighted by Crippen LogP contribution is 2.18. The molecule has 6 N–H and O–H groups in total. The monoisotopic (exact) mass is 376 g/mol. The number of nitrogens with zero attached hydrogens (tertiary/aromatic N) is 1. The molecule has 0 aromatic rings. The first-order valence-corrected chi connectivity index (χ1v) is 8.47. The van der Waals surface area contributed by atoms with Gasteiger partial charge in [0.05, 0.1) is 12.6 Å². The Hall–Kier alpha value is -1.85. The van der Waals surface area contributed by atoms with Crippen LogP contribution in [0.25, 0.3) is 0 Å². The van der Waals surface area contributed by atoms with E-state index in [2.05, 4.69) is 23.3 Å². The molecule has 0 radical (unpaired) electrons. The van der Waals surface area contributed by atoms with Crippen molar-refractivity contribution in [3.8, 4) is 0 Å². The number of nitrogens with two attached hydrogens (primary N) is 1. The number of likely N-dealkylation sites (tertiary alicyclic amines) is 1. The van der Waals surface area contributed by atoms with E-state index in [-0.39, 0.29) is 11.7 Å². The van der Waals surface area contributed by atoms with Gasteiger partial charge in [0.15, 0.2) is 0 Å². The second-order valence-corrected chi connectivity index (χ2v) is 6.16. The molecule has 0 saturated carbocycles. The van der Waals surface area contributed by atoms with Gasteiger partial charge < -0.3 is 31.5 Å². The lowest BCUT2D eigenvalue weighted by molar-refractivity contribution is -0.143. The first-order valence-electron chi connectivity index (χ1n) is 7.84. The summed E-state index contributed by atoms with van der Waals surface area (Å²) in [5, 5.41) is 22.3. The SMILES string of the molecule is CC(NC(=O)C1CCCN1C(=O)C(N)CS)C(=O)NC(CO)C(=O)O. The van der Waals surface area contributed by atoms with Crippen LogP contribution < -0.4 is 16.4 Å². The second kappa shape index (κ2) is 9.59. The predicted molar refractivity (Wildman–Crippen MR) is 90.8 cm³/mol. The van der Waals surface area contributed by atoms with Gasteiger partial charge in [0, 0.05) is 12.3 Å². The van der Waals surface area contributed by atoms with Gasteiger partial charge in [-0.3, -0.25) is 14.4 Å². The summed E-state index contributed by atoms with van der Waals surface area (Å²) in [5.74, 6) is -2.88. The molecule has 25 heavy (non-hydrogen) atoms. The number of rotatable bonds is 8. The van der Waals surface area contributed by atoms with Crippen molar-refractivity contribution >= 4 is 36.3 Å². The zero-order valence-corrected chi connectivity index (χ0v) is 14.7. The number of hydrogen-bond acceptors (Lipinski definition) is 7. The van der Waals surface area contributed by atoms with Crippen LogP contribution in [0.1, 0.15) is 19.8 Å². The van der Waals surface area contributed by atoms with Crippen LogP contribution >= 0.6 is 12.6 Å². The lowest BCUT2D eigenvalue weighted by Gasteiger charge is -2.27. The number of thiol groups is 1. The van der Waals surface area contributed by atoms with Gasteiger partial charge in [-0.25, -0.2) is 4.79 Å². The molecule has 0 spiro atoms. The highest BCUT2D eigenvalue weighted by Gasteiger charge is 2.36. The molecule has 1 saturated heterocycles. The summed E-state index contributed by atoms with van der Waals surface area (Å²) < 4.78 is 0. The van der Waals surface area contributed by atoms with Gasteiger partial charge in [0.25, 0.3) is 0 Å². The first-order chi connectivity index (χ1) is 11.7. The third-order valence-electron chi connectivity index (χ3n) is 3.90. The molecule has 3 amide bonds. The van der Waals surface area contributed by atoms with Gasteiger partial charge in [0.1, 0.15) is 18.1 Å². The minimum atomic E-state index is -1.45. The van der Waals surface area contributed by atoms with Gasteiger partial charge in [-0.1, -0.05) is 0 Å². The van der Waals surface area contributed by atoms with E-state index in [1.165, 1.54) is 11.8 Å². The summed E-state index contributed by atoms with van der Waals surface area (Å²) in [6, 6.07) is -4.03. The fourth-order valence-corrected chi connectivity index (χ4v) is 2.61. The maximum absolute atomic E-state index is 12.4. The number of aliphatic carboxylic acids is 1. The van der Waals surface area contributed by atoms with E-state index in [4.69, 9.17) is 15.9 Å². The Morgan fingerprint density at radius 2 is 1.96 bits per heavy atom. The summed E-state index contributed by atoms with van der Waals surface area (Å²) in [7, 11) is 0. The standard InChI is InChI=1S/C14H24N4O6S/c1-7(11(20)17-9(5-19)14(23)24)16-12(21)10-3-2-4-18(10)13(22)8(15)6-25/h7-10,19,25H,2-6,15H2,1H3,(H,16,21)(H,17,20)(H,23,24). The van der Waals surface area contributed by atoms with Gasteiger partial charge in [-0.15, -0.1) is 0 Å². The minimum Gasteiger partial charge on any atom is -0.480 e. The molecular formula is C14H24N4O6S. The molecule has 4 atom stereocenters. The van der Waals surface area contributed by atoms with Crippen LogP contribution in [0.2, 0.25) is 0 Å². The van der Waals surface area contributed by atoms with E-state index in [0.29, 0.717) is 19.4 Å². The predicted octanol–water partition coefficient (Wildman–Crippen LogP) is -2.70. The van der Waals surface area contributed by atoms with Crippen molar-refractivity contribution < 1.29 is 29.4 Å². The van der Waals surface area contributed by atoms with Gasteiger partial charge in [-0.2, -0.15) is 12.6 Å². The number of carbonyl (C=O) groups is 4. The van der Waals surface area contributed by atoms with Crippen LogP contribution in [0.5, 0.6) is 0 Å². The molecule has 11 heteroatoms. The number of hydrogen-bond donors (Lipinski definition) is 6. The summed E-state index contributed by atoms with van der Waals surface area (Å²) in [6.07, 6.45) is 1.08. The van der Waals surface area contributed by atoms with E-state index < -0.39 is 48.6 Å². The summed E-state index contributed by atoms with van der Waals surface area (Å²) in [5.41, 5.74) is 5.66. The number of aliphatic hydroxyl groups excluding tert-OH is 1. The minimum absolute atomic E-state index is 0.153. The topological polar surface area (TPSA) is 162 Å². The molecular weight excluding hydrogens is 352 g/mol. The van der Waals surface area contributed by atoms with Gasteiger partial charge in [0.2, 0.25) is 17.7 Å². The zero-order valence-electron chi connectivity index (χ0n) is 13.8. The van der Waals surface area contributed by atoms with Crippen molar-refractivity contribution in [3.05, 3.63) is 0 Å². The number of nitrogens with one attached hydrogen (secondary N) is 2. The fourth-order valence-electron chi connectivity index (χ4n) is 2.45. The van der Waals surface area contributed by atoms with Crippen LogP contribution in [-0.4, -0.2) is 81.9 Å². The Kier molecular flexibility index (Phi) is 8.13. The molecule has 0 aliphatic carbocycles. The lowest BCUT2D eigenvalue weighted by atomic mass is 10.1. The third kappa shape index (κ3) is 5.58. The molecule has 1 aliphatic rings. The van der Waals surface area contributed by atoms with E-state index in [1.807, 2.05) is 0 Å². The number of carboxylic acid groups (broad SMARTS) is 1. The highest BCUT2D eigenvalue weighted by atomic mass is 32.1. The Morgan fingerprint density at radius 3 is 2.48 bits per heavy atom. The molecule has 4 unspecified atom stereocenters. The maximum Gasteiger partial charge on any atom is 0.328 e. The Labute approximate surface area is 150 Å². The number of amides is 3. The van der Waals surface area contributed by atoms with Gasteiger partial charge in [-0.05, 0) is 19.8 Å². The van der Waals surface area contributed by atoms with E-state index >= 15 is 0 Å². The van der Waals surface area contributed by atoms with E-state index in [0.717, 1.165) is 0 Å². The van der Waals surface area contributed by atoms with Crippen LogP contribution in [0.15, 0.2) is 0 Å². The molecule has 0 aromatic carbocycles. The van der Waals surface area contributed by atoms with Crippen molar-refractivity contribution in [2.75, 3.05) is 18.9 Å². The van der Waals surface area contributed by atoms with Crippen molar-refractivity contribution in [1.29, 1.82) is 0 Å². The fraction of sp³-hybridized carbons (Fsp3) is 0.714. The summed E-state index contributed by atoms with van der Waals surface area (Å²) in [6.45, 7) is 1.00. The molecule has 10 nitrogen and oxygen atoms in total. The smallest absolute Gasteiger partial charge is 0.328 e. The maximum atomic E-state index is 12.4. The third-order valence-corrected chi connectivity index (χ3v) is 4.30. The van der Waals surface area contributed by atoms with Gasteiger partial charge >= 0.3 is 5.97 Å². The van der Waals surface area contributed by atoms with Crippen LogP contribution in [0.3, 0.4) is 0 Å². The normalized spacial score (nSPS) is 20.5. The first kappa shape index (κ1) is 21.2. The zero-order chi connectivity index (χ0) is 19.1. The second-order valence-electron chi connectivity index (χ2n) is 5.79. The highest BCUT2D eigenvalue weighted by molar-refractivity contribution is 7.80. The summed E-state index contributed by atoms with van der Waals surface area (Å²) >= 11 is 3.97. The van der Waals surface area contributed by atoms with Crippen molar-refractivity contribution in [2.45, 2.75) is 43.9 Å². The number of carbonyl (C=O) groups excluding carboxylic acids is 3. The Balaban J connectivity index is 2.66. The summed E-state index contributed by atoms with van der Waals surface area (Å²) in [4.78, 5) is 48.6. The van der Waals surface area contributed by atoms with Crippen LogP contribution in [0, 0.1) is 0 Å². The molecule has 1 fully saturated rings. The van der Waals surface area contributed by atoms with Crippen molar-refractivity contribution in [2.24, 2.45) is 5.73 Å². The molecule has 1 aliphatic heterocycles. The lowest BCUT2D eigenvalue weighted by Crippen LogP contribution is -2.56. The van der Waals surface area contributed by atoms with Crippen LogP contribution in [-0.2, 0) is 19.2 Å². The Bertz CT molecular complexity index is 531. The number of aliphatic hydroxyl groups is 1. The average molecular weight is 376 g/mol.